The Labute approximate surface area is 290 Å². The first-order chi connectivity index (χ1) is 24.6. The van der Waals surface area contributed by atoms with Crippen molar-refractivity contribution in [3.05, 3.63) is 171 Å². The molecule has 10 nitrogen and oxygen atoms in total. The Morgan fingerprint density at radius 1 is 0.860 bits per heavy atom. The van der Waals surface area contributed by atoms with Gasteiger partial charge in [-0.15, -0.1) is 0 Å². The van der Waals surface area contributed by atoms with Gasteiger partial charge in [-0.2, -0.15) is 0 Å². The Morgan fingerprint density at radius 2 is 1.50 bits per heavy atom. The molecule has 0 saturated heterocycles. The van der Waals surface area contributed by atoms with Crippen molar-refractivity contribution in [1.29, 1.82) is 0 Å². The number of carbonyl (C=O) groups excluding carboxylic acids is 1. The Balaban J connectivity index is 1.30. The van der Waals surface area contributed by atoms with Gasteiger partial charge in [0.05, 0.1) is 19.2 Å². The van der Waals surface area contributed by atoms with Crippen LogP contribution in [0.4, 0.5) is 0 Å². The molecule has 0 unspecified atom stereocenters. The highest BCUT2D eigenvalue weighted by atomic mass is 16.5. The van der Waals surface area contributed by atoms with Crippen molar-refractivity contribution in [1.82, 2.24) is 10.9 Å². The first kappa shape index (κ1) is 32.6. The van der Waals surface area contributed by atoms with Gasteiger partial charge in [0, 0.05) is 29.9 Å². The maximum Gasteiger partial charge on any atom is 0.266 e. The highest BCUT2D eigenvalue weighted by molar-refractivity contribution is 6.01. The lowest BCUT2D eigenvalue weighted by Gasteiger charge is -2.32. The van der Waals surface area contributed by atoms with E-state index < -0.39 is 11.6 Å². The summed E-state index contributed by atoms with van der Waals surface area (Å²) in [7, 11) is 0. The number of hydrogen-bond donors (Lipinski definition) is 3. The number of rotatable bonds is 13. The monoisotopic (exact) mass is 664 g/mol. The van der Waals surface area contributed by atoms with Crippen LogP contribution in [0, 0.1) is 0 Å². The lowest BCUT2D eigenvalue weighted by molar-refractivity contribution is -0.130. The molecule has 0 saturated carbocycles. The summed E-state index contributed by atoms with van der Waals surface area (Å²) in [4.78, 5) is 23.1. The van der Waals surface area contributed by atoms with E-state index in [1.54, 1.807) is 0 Å². The summed E-state index contributed by atoms with van der Waals surface area (Å²) in [6.07, 6.45) is -0.114. The van der Waals surface area contributed by atoms with Gasteiger partial charge in [0.25, 0.3) is 5.91 Å². The predicted molar refractivity (Wildman–Crippen MR) is 191 cm³/mol. The molecule has 10 heteroatoms. The number of hydrazine groups is 1. The molecule has 0 spiro atoms. The van der Waals surface area contributed by atoms with E-state index in [0.29, 0.717) is 35.8 Å². The lowest BCUT2D eigenvalue weighted by Crippen LogP contribution is -2.54. The van der Waals surface area contributed by atoms with Crippen LogP contribution in [0.2, 0.25) is 0 Å². The molecule has 5 aromatic rings. The van der Waals surface area contributed by atoms with Gasteiger partial charge in [-0.3, -0.25) is 10.2 Å². The molecule has 0 aromatic heterocycles. The molecular formula is C40H36N6O4. The van der Waals surface area contributed by atoms with Gasteiger partial charge in [-0.1, -0.05) is 108 Å². The average molecular weight is 665 g/mol. The van der Waals surface area contributed by atoms with Crippen molar-refractivity contribution >= 4 is 11.8 Å². The SMILES string of the molecule is [N-]=[N+]=NCc1ccccc1[C@@H]1OC(c2ccc(OCCCO)cc2)=N[C@]1(Cc1ccccc1)C(=O)NNC1c2ccccc2-c2ccccc21. The molecule has 250 valence electrons. The van der Waals surface area contributed by atoms with Crippen molar-refractivity contribution in [3.8, 4) is 16.9 Å². The van der Waals surface area contributed by atoms with E-state index in [9.17, 15) is 10.3 Å². The molecule has 0 fully saturated rings. The largest absolute Gasteiger partial charge is 0.494 e. The minimum Gasteiger partial charge on any atom is -0.494 e. The minimum absolute atomic E-state index is 0.0471. The fraction of sp³-hybridized carbons (Fsp3) is 0.200. The Morgan fingerprint density at radius 3 is 2.18 bits per heavy atom. The van der Waals surface area contributed by atoms with E-state index in [-0.39, 0.29) is 31.5 Å². The second-order valence-electron chi connectivity index (χ2n) is 12.2. The van der Waals surface area contributed by atoms with Gasteiger partial charge in [0.2, 0.25) is 5.90 Å². The third-order valence-electron chi connectivity index (χ3n) is 9.15. The van der Waals surface area contributed by atoms with E-state index in [1.807, 2.05) is 103 Å². The molecule has 1 amide bonds. The Bertz CT molecular complexity index is 2020. The number of ether oxygens (including phenoxy) is 2. The number of aliphatic hydroxyl groups is 1. The van der Waals surface area contributed by atoms with Gasteiger partial charge in [0.15, 0.2) is 11.6 Å². The van der Waals surface area contributed by atoms with Crippen LogP contribution in [0.3, 0.4) is 0 Å². The zero-order valence-corrected chi connectivity index (χ0v) is 27.3. The molecule has 3 N–H and O–H groups in total. The van der Waals surface area contributed by atoms with Crippen LogP contribution in [0.15, 0.2) is 138 Å². The molecule has 0 bridgehead atoms. The standard InChI is InChI=1S/C40H36N6O4/c41-46-42-26-29-13-4-5-14-31(29)37-40(25-27-11-2-1-3-12-27,43-38(50-37)28-19-21-30(22-20-28)49-24-10-23-47)39(48)45-44-36-34-17-8-6-15-32(34)33-16-7-9-18-35(33)36/h1-9,11-22,36-37,44,47H,10,23-26H2,(H,45,48)/t37-,40-/m0/s1. The molecular weight excluding hydrogens is 628 g/mol. The van der Waals surface area contributed by atoms with Gasteiger partial charge in [-0.05, 0) is 68.7 Å². The quantitative estimate of drug-likeness (QED) is 0.0403. The highest BCUT2D eigenvalue weighted by Crippen LogP contribution is 2.45. The van der Waals surface area contributed by atoms with Crippen molar-refractivity contribution in [3.63, 3.8) is 0 Å². The maximum atomic E-state index is 15.0. The number of amides is 1. The molecule has 7 rings (SSSR count). The predicted octanol–water partition coefficient (Wildman–Crippen LogP) is 7.15. The van der Waals surface area contributed by atoms with Crippen LogP contribution in [-0.4, -0.2) is 35.7 Å². The number of hydrogen-bond acceptors (Lipinski definition) is 7. The summed E-state index contributed by atoms with van der Waals surface area (Å²) in [5, 5.41) is 13.0. The van der Waals surface area contributed by atoms with E-state index in [0.717, 1.165) is 33.4 Å². The molecule has 0 radical (unpaired) electrons. The minimum atomic E-state index is -1.47. The number of aliphatic hydroxyl groups excluding tert-OH is 1. The summed E-state index contributed by atoms with van der Waals surface area (Å²) in [6.45, 7) is 0.519. The number of carbonyl (C=O) groups is 1. The van der Waals surface area contributed by atoms with Gasteiger partial charge >= 0.3 is 0 Å². The van der Waals surface area contributed by atoms with Crippen LogP contribution >= 0.6 is 0 Å². The van der Waals surface area contributed by atoms with E-state index in [1.165, 1.54) is 0 Å². The van der Waals surface area contributed by atoms with Crippen LogP contribution < -0.4 is 15.6 Å². The molecule has 5 aromatic carbocycles. The average Bonchev–Trinajstić information content (AvgIpc) is 3.70. The zero-order valence-electron chi connectivity index (χ0n) is 27.3. The molecule has 1 heterocycles. The summed E-state index contributed by atoms with van der Waals surface area (Å²) < 4.78 is 12.5. The summed E-state index contributed by atoms with van der Waals surface area (Å²) >= 11 is 0. The van der Waals surface area contributed by atoms with Crippen molar-refractivity contribution in [2.75, 3.05) is 13.2 Å². The van der Waals surface area contributed by atoms with Crippen LogP contribution in [-0.2, 0) is 22.5 Å². The fourth-order valence-corrected chi connectivity index (χ4v) is 6.77. The first-order valence-electron chi connectivity index (χ1n) is 16.6. The fourth-order valence-electron chi connectivity index (χ4n) is 6.77. The first-order valence-corrected chi connectivity index (χ1v) is 16.6. The molecule has 2 aliphatic rings. The molecule has 2 atom stereocenters. The van der Waals surface area contributed by atoms with Gasteiger partial charge in [0.1, 0.15) is 5.75 Å². The van der Waals surface area contributed by atoms with Crippen molar-refractivity contribution < 1.29 is 19.4 Å². The van der Waals surface area contributed by atoms with E-state index in [2.05, 4.69) is 45.1 Å². The number of fused-ring (bicyclic) bond motifs is 3. The zero-order chi connectivity index (χ0) is 34.3. The third kappa shape index (κ3) is 6.43. The number of nitrogens with one attached hydrogen (secondary N) is 2. The second-order valence-corrected chi connectivity index (χ2v) is 12.2. The van der Waals surface area contributed by atoms with Crippen LogP contribution in [0.5, 0.6) is 5.75 Å². The molecule has 1 aliphatic heterocycles. The smallest absolute Gasteiger partial charge is 0.266 e. The molecule has 1 aliphatic carbocycles. The van der Waals surface area contributed by atoms with Crippen molar-refractivity contribution in [2.24, 2.45) is 10.1 Å². The number of azide groups is 1. The lowest BCUT2D eigenvalue weighted by atomic mass is 9.80. The number of benzene rings is 5. The normalized spacial score (nSPS) is 17.5. The van der Waals surface area contributed by atoms with Crippen LogP contribution in [0.1, 0.15) is 51.9 Å². The highest BCUT2D eigenvalue weighted by Gasteiger charge is 2.54. The summed E-state index contributed by atoms with van der Waals surface area (Å²) in [6, 6.07) is 40.7. The topological polar surface area (TPSA) is 141 Å². The number of aliphatic imine (C=N–C) groups is 1. The van der Waals surface area contributed by atoms with E-state index in [4.69, 9.17) is 19.6 Å². The van der Waals surface area contributed by atoms with Gasteiger partial charge in [-0.25, -0.2) is 10.4 Å². The summed E-state index contributed by atoms with van der Waals surface area (Å²) in [5.74, 6) is 0.579. The van der Waals surface area contributed by atoms with Gasteiger partial charge < -0.3 is 14.6 Å². The number of nitrogens with zero attached hydrogens (tertiary/aromatic N) is 4. The second kappa shape index (κ2) is 14.7. The Hall–Kier alpha value is -5.93. The molecule has 50 heavy (non-hydrogen) atoms. The Kier molecular flexibility index (Phi) is 9.57. The summed E-state index contributed by atoms with van der Waals surface area (Å²) in [5.41, 5.74) is 21.5. The third-order valence-corrected chi connectivity index (χ3v) is 9.15. The van der Waals surface area contributed by atoms with E-state index >= 15 is 0 Å². The van der Waals surface area contributed by atoms with Crippen molar-refractivity contribution in [2.45, 2.75) is 37.1 Å². The van der Waals surface area contributed by atoms with Crippen LogP contribution in [0.25, 0.3) is 21.6 Å². The maximum absolute atomic E-state index is 15.0.